The first-order valence-corrected chi connectivity index (χ1v) is 6.83. The Hall–Kier alpha value is -1.55. The van der Waals surface area contributed by atoms with E-state index in [9.17, 15) is 0 Å². The quantitative estimate of drug-likeness (QED) is 0.869. The molecule has 0 aromatic carbocycles. The lowest BCUT2D eigenvalue weighted by Crippen LogP contribution is -2.18. The molecule has 2 heterocycles. The van der Waals surface area contributed by atoms with Crippen molar-refractivity contribution in [3.63, 3.8) is 0 Å². The second-order valence-corrected chi connectivity index (χ2v) is 5.47. The molecule has 19 heavy (non-hydrogen) atoms. The molecule has 0 aliphatic heterocycles. The van der Waals surface area contributed by atoms with Crippen LogP contribution in [0.2, 0.25) is 0 Å². The summed E-state index contributed by atoms with van der Waals surface area (Å²) in [7, 11) is 0. The first-order chi connectivity index (χ1) is 9.04. The van der Waals surface area contributed by atoms with Crippen LogP contribution in [0.5, 0.6) is 0 Å². The summed E-state index contributed by atoms with van der Waals surface area (Å²) in [5.74, 6) is 2.63. The third-order valence-corrected chi connectivity index (χ3v) is 3.03. The van der Waals surface area contributed by atoms with E-state index in [4.69, 9.17) is 4.42 Å². The topological polar surface area (TPSA) is 43.0 Å². The molecule has 4 heteroatoms. The van der Waals surface area contributed by atoms with Crippen LogP contribution in [0.15, 0.2) is 22.7 Å². The molecular weight excluding hydrogens is 238 g/mol. The first kappa shape index (κ1) is 13.9. The van der Waals surface area contributed by atoms with Crippen LogP contribution in [0, 0.1) is 19.8 Å². The van der Waals surface area contributed by atoms with Gasteiger partial charge in [0.2, 0.25) is 0 Å². The Balaban J connectivity index is 1.96. The molecule has 1 N–H and O–H groups in total. The number of hydrogen-bond donors (Lipinski definition) is 1. The van der Waals surface area contributed by atoms with Crippen molar-refractivity contribution in [1.29, 1.82) is 0 Å². The fraction of sp³-hybridized carbons (Fsp3) is 0.533. The van der Waals surface area contributed by atoms with Crippen molar-refractivity contribution in [3.05, 3.63) is 41.1 Å². The summed E-state index contributed by atoms with van der Waals surface area (Å²) in [6.45, 7) is 11.0. The summed E-state index contributed by atoms with van der Waals surface area (Å²) >= 11 is 0. The van der Waals surface area contributed by atoms with Gasteiger partial charge in [0, 0.05) is 11.8 Å². The number of nitrogens with one attached hydrogen (secondary N) is 1. The Labute approximate surface area is 114 Å². The molecule has 0 spiro atoms. The molecule has 0 unspecified atom stereocenters. The Kier molecular flexibility index (Phi) is 4.43. The Morgan fingerprint density at radius 3 is 2.79 bits per heavy atom. The van der Waals surface area contributed by atoms with Gasteiger partial charge in [0.25, 0.3) is 0 Å². The monoisotopic (exact) mass is 261 g/mol. The molecule has 0 radical (unpaired) electrons. The lowest BCUT2D eigenvalue weighted by atomic mass is 10.2. The van der Waals surface area contributed by atoms with Gasteiger partial charge in [0.05, 0.1) is 18.8 Å². The molecule has 2 aromatic rings. The van der Waals surface area contributed by atoms with Crippen LogP contribution < -0.4 is 5.32 Å². The van der Waals surface area contributed by atoms with E-state index in [1.165, 1.54) is 5.56 Å². The van der Waals surface area contributed by atoms with E-state index in [0.29, 0.717) is 5.92 Å². The number of furan rings is 1. The van der Waals surface area contributed by atoms with Crippen LogP contribution in [0.4, 0.5) is 0 Å². The van der Waals surface area contributed by atoms with Gasteiger partial charge in [-0.3, -0.25) is 4.68 Å². The molecule has 0 bridgehead atoms. The van der Waals surface area contributed by atoms with Crippen LogP contribution in [0.1, 0.15) is 36.6 Å². The SMILES string of the molecule is Cc1ccn(Cc2cc(CNCC(C)C)oc2C)n1. The standard InChI is InChI=1S/C15H23N3O/c1-11(2)8-16-9-15-7-14(13(4)19-15)10-18-6-5-12(3)17-18/h5-7,11,16H,8-10H2,1-4H3. The maximum atomic E-state index is 5.77. The lowest BCUT2D eigenvalue weighted by Gasteiger charge is -2.04. The van der Waals surface area contributed by atoms with Gasteiger partial charge in [-0.1, -0.05) is 13.8 Å². The smallest absolute Gasteiger partial charge is 0.118 e. The van der Waals surface area contributed by atoms with Crippen molar-refractivity contribution in [1.82, 2.24) is 15.1 Å². The summed E-state index contributed by atoms with van der Waals surface area (Å²) in [6, 6.07) is 4.14. The van der Waals surface area contributed by atoms with E-state index >= 15 is 0 Å². The molecular formula is C15H23N3O. The number of rotatable bonds is 6. The van der Waals surface area contributed by atoms with Crippen molar-refractivity contribution in [2.75, 3.05) is 6.54 Å². The van der Waals surface area contributed by atoms with E-state index in [1.807, 2.05) is 30.8 Å². The first-order valence-electron chi connectivity index (χ1n) is 6.83. The van der Waals surface area contributed by atoms with E-state index in [-0.39, 0.29) is 0 Å². The van der Waals surface area contributed by atoms with Crippen molar-refractivity contribution >= 4 is 0 Å². The van der Waals surface area contributed by atoms with Crippen molar-refractivity contribution in [2.45, 2.75) is 40.8 Å². The van der Waals surface area contributed by atoms with Crippen LogP contribution >= 0.6 is 0 Å². The van der Waals surface area contributed by atoms with Gasteiger partial charge in [0.15, 0.2) is 0 Å². The van der Waals surface area contributed by atoms with Crippen molar-refractivity contribution in [2.24, 2.45) is 5.92 Å². The summed E-state index contributed by atoms with van der Waals surface area (Å²) in [5, 5.41) is 7.79. The fourth-order valence-corrected chi connectivity index (χ4v) is 2.04. The summed E-state index contributed by atoms with van der Waals surface area (Å²) in [6.07, 6.45) is 2.00. The second-order valence-electron chi connectivity index (χ2n) is 5.47. The Morgan fingerprint density at radius 2 is 2.16 bits per heavy atom. The number of aromatic nitrogens is 2. The second kappa shape index (κ2) is 6.06. The number of nitrogens with zero attached hydrogens (tertiary/aromatic N) is 2. The minimum atomic E-state index is 0.655. The zero-order valence-corrected chi connectivity index (χ0v) is 12.2. The largest absolute Gasteiger partial charge is 0.465 e. The zero-order valence-electron chi connectivity index (χ0n) is 12.2. The minimum Gasteiger partial charge on any atom is -0.465 e. The summed E-state index contributed by atoms with van der Waals surface area (Å²) in [4.78, 5) is 0. The third-order valence-electron chi connectivity index (χ3n) is 3.03. The predicted molar refractivity (Wildman–Crippen MR) is 76.1 cm³/mol. The van der Waals surface area contributed by atoms with Crippen LogP contribution in [-0.4, -0.2) is 16.3 Å². The highest BCUT2D eigenvalue weighted by atomic mass is 16.3. The lowest BCUT2D eigenvalue weighted by molar-refractivity contribution is 0.446. The van der Waals surface area contributed by atoms with E-state index in [0.717, 1.165) is 36.8 Å². The summed E-state index contributed by atoms with van der Waals surface area (Å²) in [5.41, 5.74) is 2.24. The maximum Gasteiger partial charge on any atom is 0.118 e. The van der Waals surface area contributed by atoms with Gasteiger partial charge in [0.1, 0.15) is 11.5 Å². The van der Waals surface area contributed by atoms with Crippen molar-refractivity contribution in [3.8, 4) is 0 Å². The number of aryl methyl sites for hydroxylation is 2. The highest BCUT2D eigenvalue weighted by Crippen LogP contribution is 2.16. The predicted octanol–water partition coefficient (Wildman–Crippen LogP) is 2.89. The molecule has 0 aliphatic rings. The zero-order chi connectivity index (χ0) is 13.8. The average molecular weight is 261 g/mol. The number of hydrogen-bond acceptors (Lipinski definition) is 3. The van der Waals surface area contributed by atoms with Crippen LogP contribution in [-0.2, 0) is 13.1 Å². The van der Waals surface area contributed by atoms with Gasteiger partial charge < -0.3 is 9.73 Å². The maximum absolute atomic E-state index is 5.77. The van der Waals surface area contributed by atoms with Crippen LogP contribution in [0.25, 0.3) is 0 Å². The van der Waals surface area contributed by atoms with Crippen LogP contribution in [0.3, 0.4) is 0 Å². The molecule has 0 amide bonds. The minimum absolute atomic E-state index is 0.655. The normalized spacial score (nSPS) is 11.4. The highest BCUT2D eigenvalue weighted by Gasteiger charge is 2.08. The highest BCUT2D eigenvalue weighted by molar-refractivity contribution is 5.21. The molecule has 0 aliphatic carbocycles. The van der Waals surface area contributed by atoms with Crippen molar-refractivity contribution < 1.29 is 4.42 Å². The molecule has 2 rings (SSSR count). The fourth-order valence-electron chi connectivity index (χ4n) is 2.04. The average Bonchev–Trinajstić information content (AvgIpc) is 2.87. The van der Waals surface area contributed by atoms with E-state index < -0.39 is 0 Å². The molecule has 0 saturated carbocycles. The van der Waals surface area contributed by atoms with Gasteiger partial charge in [-0.25, -0.2) is 0 Å². The van der Waals surface area contributed by atoms with Gasteiger partial charge in [-0.15, -0.1) is 0 Å². The van der Waals surface area contributed by atoms with Gasteiger partial charge in [-0.2, -0.15) is 5.10 Å². The molecule has 0 fully saturated rings. The summed E-state index contributed by atoms with van der Waals surface area (Å²) < 4.78 is 7.71. The van der Waals surface area contributed by atoms with Gasteiger partial charge in [-0.05, 0) is 38.4 Å². The molecule has 2 aromatic heterocycles. The third kappa shape index (κ3) is 3.96. The van der Waals surface area contributed by atoms with E-state index in [1.54, 1.807) is 0 Å². The molecule has 0 saturated heterocycles. The van der Waals surface area contributed by atoms with Gasteiger partial charge >= 0.3 is 0 Å². The van der Waals surface area contributed by atoms with E-state index in [2.05, 4.69) is 30.3 Å². The Morgan fingerprint density at radius 1 is 1.37 bits per heavy atom. The molecule has 0 atom stereocenters. The Bertz CT molecular complexity index is 525. The molecule has 4 nitrogen and oxygen atoms in total. The molecule has 104 valence electrons.